The van der Waals surface area contributed by atoms with Crippen LogP contribution in [0.5, 0.6) is 0 Å². The lowest BCUT2D eigenvalue weighted by Gasteiger charge is -2.30. The summed E-state index contributed by atoms with van der Waals surface area (Å²) in [5, 5.41) is 0. The molecule has 1 aromatic carbocycles. The summed E-state index contributed by atoms with van der Waals surface area (Å²) < 4.78 is 5.35. The van der Waals surface area contributed by atoms with Crippen molar-refractivity contribution in [3.8, 4) is 0 Å². The van der Waals surface area contributed by atoms with Crippen LogP contribution in [0.25, 0.3) is 0 Å². The number of halogens is 2. The number of aryl methyl sites for hydroxylation is 1. The number of morpholine rings is 1. The highest BCUT2D eigenvalue weighted by molar-refractivity contribution is 5.85. The first-order valence-corrected chi connectivity index (χ1v) is 5.32. The smallest absolute Gasteiger partial charge is 0.0642 e. The third-order valence-electron chi connectivity index (χ3n) is 2.72. The Balaban J connectivity index is 0. The maximum absolute atomic E-state index is 5.35. The van der Waals surface area contributed by atoms with Crippen molar-refractivity contribution >= 4 is 30.5 Å². The number of rotatable bonds is 2. The molecule has 100 valence electrons. The molecule has 5 heteroatoms. The molecular weight excluding hydrogens is 259 g/mol. The van der Waals surface area contributed by atoms with Crippen LogP contribution in [0, 0.1) is 0 Å². The quantitative estimate of drug-likeness (QED) is 0.906. The topological polar surface area (TPSA) is 47.5 Å². The van der Waals surface area contributed by atoms with Gasteiger partial charge in [0.15, 0.2) is 0 Å². The molecule has 1 fully saturated rings. The van der Waals surface area contributed by atoms with Gasteiger partial charge in [-0.1, -0.05) is 25.1 Å². The lowest BCUT2D eigenvalue weighted by molar-refractivity contribution is 0.122. The highest BCUT2D eigenvalue weighted by atomic mass is 35.5. The van der Waals surface area contributed by atoms with Crippen molar-refractivity contribution in [3.05, 3.63) is 29.8 Å². The van der Waals surface area contributed by atoms with Crippen molar-refractivity contribution in [2.24, 2.45) is 0 Å². The third kappa shape index (κ3) is 4.72. The summed E-state index contributed by atoms with van der Waals surface area (Å²) in [5.41, 5.74) is 2.83. The van der Waals surface area contributed by atoms with Crippen molar-refractivity contribution in [3.63, 3.8) is 0 Å². The monoisotopic (exact) mass is 280 g/mol. The fourth-order valence-corrected chi connectivity index (χ4v) is 1.92. The predicted octanol–water partition coefficient (Wildman–Crippen LogP) is 3.09. The van der Waals surface area contributed by atoms with E-state index in [1.165, 1.54) is 11.3 Å². The number of nitrogens with zero attached hydrogens (tertiary/aromatic N) is 1. The molecule has 1 aliphatic rings. The molecule has 0 bridgehead atoms. The van der Waals surface area contributed by atoms with Crippen LogP contribution in [0.1, 0.15) is 12.5 Å². The van der Waals surface area contributed by atoms with Gasteiger partial charge < -0.3 is 15.8 Å². The van der Waals surface area contributed by atoms with Gasteiger partial charge in [0, 0.05) is 18.8 Å². The van der Waals surface area contributed by atoms with E-state index in [0.29, 0.717) is 0 Å². The Kier molecular flexibility index (Phi) is 10.6. The molecule has 1 aromatic rings. The molecule has 1 heterocycles. The van der Waals surface area contributed by atoms with Crippen LogP contribution in [0.2, 0.25) is 0 Å². The Hall–Kier alpha value is -0.480. The van der Waals surface area contributed by atoms with Gasteiger partial charge >= 0.3 is 0 Å². The van der Waals surface area contributed by atoms with E-state index in [2.05, 4.69) is 36.1 Å². The first kappa shape index (κ1) is 18.9. The van der Waals surface area contributed by atoms with Crippen molar-refractivity contribution in [1.29, 1.82) is 0 Å². The van der Waals surface area contributed by atoms with Crippen LogP contribution in [0.4, 0.5) is 5.69 Å². The van der Waals surface area contributed by atoms with Crippen molar-refractivity contribution in [2.75, 3.05) is 31.2 Å². The number of hydrogen-bond donors (Lipinski definition) is 1. The molecule has 3 N–H and O–H groups in total. The second-order valence-corrected chi connectivity index (χ2v) is 3.58. The minimum Gasteiger partial charge on any atom is -0.378 e. The van der Waals surface area contributed by atoms with Crippen molar-refractivity contribution < 1.29 is 4.74 Å². The van der Waals surface area contributed by atoms with E-state index in [4.69, 9.17) is 4.74 Å². The fraction of sp³-hybridized carbons (Fsp3) is 0.500. The molecule has 1 aliphatic heterocycles. The average molecular weight is 281 g/mol. The summed E-state index contributed by atoms with van der Waals surface area (Å²) in [7, 11) is 0. The zero-order chi connectivity index (χ0) is 9.80. The summed E-state index contributed by atoms with van der Waals surface area (Å²) in [6.45, 7) is 5.98. The SMILES string of the molecule is CCc1ccccc1N1CCOCC1.Cl.Cl.N. The van der Waals surface area contributed by atoms with Crippen LogP contribution in [0.3, 0.4) is 0 Å². The van der Waals surface area contributed by atoms with Crippen LogP contribution < -0.4 is 11.1 Å². The standard InChI is InChI=1S/C12H17NO.2ClH.H3N/c1-2-11-5-3-4-6-12(11)13-7-9-14-10-8-13;;;/h3-6H,2,7-10H2,1H3;2*1H;1H3. The van der Waals surface area contributed by atoms with Gasteiger partial charge in [0.2, 0.25) is 0 Å². The molecule has 0 spiro atoms. The van der Waals surface area contributed by atoms with Gasteiger partial charge in [-0.15, -0.1) is 24.8 Å². The third-order valence-corrected chi connectivity index (χ3v) is 2.72. The van der Waals surface area contributed by atoms with E-state index in [-0.39, 0.29) is 31.0 Å². The molecule has 0 saturated carbocycles. The van der Waals surface area contributed by atoms with Gasteiger partial charge in [0.25, 0.3) is 0 Å². The molecule has 0 amide bonds. The second kappa shape index (κ2) is 9.54. The molecule has 0 atom stereocenters. The van der Waals surface area contributed by atoms with E-state index in [1.807, 2.05) is 0 Å². The van der Waals surface area contributed by atoms with Crippen molar-refractivity contribution in [1.82, 2.24) is 6.15 Å². The van der Waals surface area contributed by atoms with Crippen LogP contribution >= 0.6 is 24.8 Å². The van der Waals surface area contributed by atoms with Gasteiger partial charge in [-0.05, 0) is 18.1 Å². The fourth-order valence-electron chi connectivity index (χ4n) is 1.92. The van der Waals surface area contributed by atoms with Gasteiger partial charge in [0.1, 0.15) is 0 Å². The number of hydrogen-bond acceptors (Lipinski definition) is 3. The number of anilines is 1. The van der Waals surface area contributed by atoms with E-state index in [1.54, 1.807) is 0 Å². The van der Waals surface area contributed by atoms with Gasteiger partial charge in [-0.2, -0.15) is 0 Å². The number of benzene rings is 1. The molecule has 3 nitrogen and oxygen atoms in total. The molecule has 0 unspecified atom stereocenters. The molecule has 0 aromatic heterocycles. The van der Waals surface area contributed by atoms with Crippen LogP contribution in [-0.2, 0) is 11.2 Å². The summed E-state index contributed by atoms with van der Waals surface area (Å²) in [6.07, 6.45) is 1.10. The summed E-state index contributed by atoms with van der Waals surface area (Å²) in [4.78, 5) is 2.42. The average Bonchev–Trinajstić information content (AvgIpc) is 2.30. The maximum atomic E-state index is 5.35. The molecular formula is C12H22Cl2N2O. The Bertz CT molecular complexity index is 304. The normalized spacial score (nSPS) is 14.1. The predicted molar refractivity (Wildman–Crippen MR) is 78.4 cm³/mol. The summed E-state index contributed by atoms with van der Waals surface area (Å²) >= 11 is 0. The Morgan fingerprint density at radius 3 is 2.29 bits per heavy atom. The van der Waals surface area contributed by atoms with E-state index >= 15 is 0 Å². The van der Waals surface area contributed by atoms with Crippen molar-refractivity contribution in [2.45, 2.75) is 13.3 Å². The Labute approximate surface area is 116 Å². The first-order chi connectivity index (χ1) is 6.92. The number of ether oxygens (including phenoxy) is 1. The Morgan fingerprint density at radius 1 is 1.12 bits per heavy atom. The van der Waals surface area contributed by atoms with Crippen LogP contribution in [-0.4, -0.2) is 26.3 Å². The van der Waals surface area contributed by atoms with Gasteiger partial charge in [-0.3, -0.25) is 0 Å². The van der Waals surface area contributed by atoms with Gasteiger partial charge in [0.05, 0.1) is 13.2 Å². The highest BCUT2D eigenvalue weighted by Crippen LogP contribution is 2.21. The summed E-state index contributed by atoms with van der Waals surface area (Å²) in [6, 6.07) is 8.65. The molecule has 0 radical (unpaired) electrons. The zero-order valence-electron chi connectivity index (χ0n) is 10.2. The maximum Gasteiger partial charge on any atom is 0.0642 e. The van der Waals surface area contributed by atoms with E-state index in [9.17, 15) is 0 Å². The molecule has 17 heavy (non-hydrogen) atoms. The molecule has 1 saturated heterocycles. The minimum atomic E-state index is 0. The number of para-hydroxylation sites is 1. The van der Waals surface area contributed by atoms with E-state index in [0.717, 1.165) is 32.7 Å². The van der Waals surface area contributed by atoms with Gasteiger partial charge in [-0.25, -0.2) is 0 Å². The minimum absolute atomic E-state index is 0. The lowest BCUT2D eigenvalue weighted by Crippen LogP contribution is -2.36. The molecule has 0 aliphatic carbocycles. The molecule has 2 rings (SSSR count). The van der Waals surface area contributed by atoms with E-state index < -0.39 is 0 Å². The second-order valence-electron chi connectivity index (χ2n) is 3.58. The zero-order valence-corrected chi connectivity index (χ0v) is 11.9. The largest absolute Gasteiger partial charge is 0.378 e. The lowest BCUT2D eigenvalue weighted by atomic mass is 10.1. The first-order valence-electron chi connectivity index (χ1n) is 5.32. The summed E-state index contributed by atoms with van der Waals surface area (Å²) in [5.74, 6) is 0. The van der Waals surface area contributed by atoms with Crippen LogP contribution in [0.15, 0.2) is 24.3 Å². The highest BCUT2D eigenvalue weighted by Gasteiger charge is 2.12. The Morgan fingerprint density at radius 2 is 1.71 bits per heavy atom.